The molecule has 0 bridgehead atoms. The van der Waals surface area contributed by atoms with Gasteiger partial charge in [-0.3, -0.25) is 14.5 Å². The highest BCUT2D eigenvalue weighted by Crippen LogP contribution is 2.29. The Morgan fingerprint density at radius 3 is 2.29 bits per heavy atom. The van der Waals surface area contributed by atoms with E-state index in [1.165, 1.54) is 0 Å². The molecule has 3 rings (SSSR count). The van der Waals surface area contributed by atoms with Gasteiger partial charge in [-0.05, 0) is 49.9 Å². The lowest BCUT2D eigenvalue weighted by molar-refractivity contribution is -0.137. The highest BCUT2D eigenvalue weighted by Gasteiger charge is 2.31. The normalized spacial score (nSPS) is 13.9. The number of aryl methyl sites for hydroxylation is 2. The lowest BCUT2D eigenvalue weighted by Gasteiger charge is -2.22. The molecular formula is C22H25F3N4O2. The van der Waals surface area contributed by atoms with Gasteiger partial charge in [0.2, 0.25) is 11.8 Å². The van der Waals surface area contributed by atoms with Crippen LogP contribution in [0.4, 0.5) is 24.7 Å². The van der Waals surface area contributed by atoms with Gasteiger partial charge in [-0.25, -0.2) is 4.98 Å². The molecule has 0 spiro atoms. The minimum atomic E-state index is -4.47. The molecule has 9 heteroatoms. The molecule has 1 aromatic heterocycles. The van der Waals surface area contributed by atoms with Gasteiger partial charge >= 0.3 is 6.18 Å². The number of amides is 2. The van der Waals surface area contributed by atoms with Crippen molar-refractivity contribution in [2.45, 2.75) is 45.3 Å². The molecule has 2 amide bonds. The van der Waals surface area contributed by atoms with Gasteiger partial charge in [0.25, 0.3) is 0 Å². The van der Waals surface area contributed by atoms with Crippen molar-refractivity contribution in [3.63, 3.8) is 0 Å². The number of para-hydroxylation sites is 1. The molecule has 1 fully saturated rings. The first kappa shape index (κ1) is 22.7. The van der Waals surface area contributed by atoms with Crippen molar-refractivity contribution in [3.8, 4) is 0 Å². The Bertz CT molecular complexity index is 921. The van der Waals surface area contributed by atoms with Crippen molar-refractivity contribution in [1.29, 1.82) is 0 Å². The van der Waals surface area contributed by atoms with Gasteiger partial charge in [0.1, 0.15) is 5.82 Å². The number of aromatic nitrogens is 1. The van der Waals surface area contributed by atoms with Gasteiger partial charge in [-0.1, -0.05) is 18.2 Å². The monoisotopic (exact) mass is 434 g/mol. The van der Waals surface area contributed by atoms with Gasteiger partial charge in [0.15, 0.2) is 0 Å². The summed E-state index contributed by atoms with van der Waals surface area (Å²) >= 11 is 0. The molecule has 31 heavy (non-hydrogen) atoms. The van der Waals surface area contributed by atoms with Crippen molar-refractivity contribution in [3.05, 3.63) is 53.2 Å². The largest absolute Gasteiger partial charge is 0.417 e. The Kier molecular flexibility index (Phi) is 6.94. The van der Waals surface area contributed by atoms with Crippen molar-refractivity contribution < 1.29 is 22.8 Å². The van der Waals surface area contributed by atoms with E-state index in [-0.39, 0.29) is 36.6 Å². The number of carbonyl (C=O) groups excluding carboxylic acids is 2. The Labute approximate surface area is 178 Å². The molecule has 1 aliphatic rings. The molecular weight excluding hydrogens is 409 g/mol. The van der Waals surface area contributed by atoms with Crippen LogP contribution in [0.5, 0.6) is 0 Å². The summed E-state index contributed by atoms with van der Waals surface area (Å²) in [5.41, 5.74) is 1.89. The van der Waals surface area contributed by atoms with Crippen LogP contribution in [0.25, 0.3) is 0 Å². The van der Waals surface area contributed by atoms with Crippen LogP contribution in [0.15, 0.2) is 36.5 Å². The van der Waals surface area contributed by atoms with Gasteiger partial charge < -0.3 is 10.6 Å². The smallest absolute Gasteiger partial charge is 0.324 e. The number of benzene rings is 1. The van der Waals surface area contributed by atoms with Crippen LogP contribution in [0.2, 0.25) is 0 Å². The molecule has 2 N–H and O–H groups in total. The van der Waals surface area contributed by atoms with Crippen LogP contribution in [0.1, 0.15) is 36.0 Å². The Hall–Kier alpha value is -2.94. The average Bonchev–Trinajstić information content (AvgIpc) is 3.53. The summed E-state index contributed by atoms with van der Waals surface area (Å²) in [5, 5.41) is 5.45. The summed E-state index contributed by atoms with van der Waals surface area (Å²) in [5.74, 6) is -0.453. The van der Waals surface area contributed by atoms with Crippen molar-refractivity contribution in [1.82, 2.24) is 9.88 Å². The van der Waals surface area contributed by atoms with E-state index in [0.29, 0.717) is 12.7 Å². The van der Waals surface area contributed by atoms with E-state index in [2.05, 4.69) is 15.6 Å². The molecule has 1 saturated carbocycles. The van der Waals surface area contributed by atoms with E-state index in [1.807, 2.05) is 36.9 Å². The topological polar surface area (TPSA) is 74.3 Å². The summed E-state index contributed by atoms with van der Waals surface area (Å²) in [6.07, 6.45) is -1.74. The van der Waals surface area contributed by atoms with Crippen molar-refractivity contribution in [2.75, 3.05) is 23.7 Å². The Balaban J connectivity index is 1.51. The fourth-order valence-electron chi connectivity index (χ4n) is 3.29. The summed E-state index contributed by atoms with van der Waals surface area (Å²) < 4.78 is 37.8. The maximum absolute atomic E-state index is 12.6. The average molecular weight is 434 g/mol. The van der Waals surface area contributed by atoms with Gasteiger partial charge in [0, 0.05) is 30.9 Å². The fourth-order valence-corrected chi connectivity index (χ4v) is 3.29. The number of alkyl halides is 3. The minimum absolute atomic E-state index is 0.0590. The van der Waals surface area contributed by atoms with Crippen molar-refractivity contribution >= 4 is 23.3 Å². The SMILES string of the molecule is Cc1cccc(C)c1NC(=O)CN(CCC(=O)Nc1ccc(C(F)(F)F)cn1)C1CC1. The summed E-state index contributed by atoms with van der Waals surface area (Å²) in [4.78, 5) is 30.4. The van der Waals surface area contributed by atoms with E-state index in [0.717, 1.165) is 41.8 Å². The molecule has 2 aromatic rings. The van der Waals surface area contributed by atoms with E-state index in [1.54, 1.807) is 0 Å². The van der Waals surface area contributed by atoms with E-state index < -0.39 is 11.7 Å². The number of carbonyl (C=O) groups is 2. The third kappa shape index (κ3) is 6.52. The van der Waals surface area contributed by atoms with Crippen molar-refractivity contribution in [2.24, 2.45) is 0 Å². The first-order chi connectivity index (χ1) is 14.6. The lowest BCUT2D eigenvalue weighted by Crippen LogP contribution is -2.37. The predicted molar refractivity (Wildman–Crippen MR) is 112 cm³/mol. The van der Waals surface area contributed by atoms with Crippen LogP contribution in [0.3, 0.4) is 0 Å². The van der Waals surface area contributed by atoms with Crippen LogP contribution in [-0.2, 0) is 15.8 Å². The minimum Gasteiger partial charge on any atom is -0.324 e. The highest BCUT2D eigenvalue weighted by molar-refractivity contribution is 5.94. The standard InChI is InChI=1S/C22H25F3N4O2/c1-14-4-3-5-15(2)21(14)28-20(31)13-29(17-7-8-17)11-10-19(30)27-18-9-6-16(12-26-18)22(23,24)25/h3-6,9,12,17H,7-8,10-11,13H2,1-2H3,(H,28,31)(H,26,27,30). The van der Waals surface area contributed by atoms with Gasteiger partial charge in [-0.15, -0.1) is 0 Å². The number of halogens is 3. The predicted octanol–water partition coefficient (Wildman–Crippen LogP) is 4.15. The number of anilines is 2. The summed E-state index contributed by atoms with van der Waals surface area (Å²) in [6.45, 7) is 4.41. The second-order valence-electron chi connectivity index (χ2n) is 7.74. The number of hydrogen-bond donors (Lipinski definition) is 2. The van der Waals surface area contributed by atoms with Gasteiger partial charge in [0.05, 0.1) is 12.1 Å². The quantitative estimate of drug-likeness (QED) is 0.655. The molecule has 1 aliphatic carbocycles. The summed E-state index contributed by atoms with van der Waals surface area (Å²) in [7, 11) is 0. The molecule has 166 valence electrons. The molecule has 1 aromatic carbocycles. The number of nitrogens with one attached hydrogen (secondary N) is 2. The zero-order valence-corrected chi connectivity index (χ0v) is 17.4. The van der Waals surface area contributed by atoms with E-state index >= 15 is 0 Å². The first-order valence-electron chi connectivity index (χ1n) is 10.1. The lowest BCUT2D eigenvalue weighted by atomic mass is 10.1. The van der Waals surface area contributed by atoms with Crippen LogP contribution < -0.4 is 10.6 Å². The second kappa shape index (κ2) is 9.47. The number of pyridine rings is 1. The molecule has 0 aliphatic heterocycles. The highest BCUT2D eigenvalue weighted by atomic mass is 19.4. The fraction of sp³-hybridized carbons (Fsp3) is 0.409. The molecule has 0 radical (unpaired) electrons. The van der Waals surface area contributed by atoms with Crippen LogP contribution in [0, 0.1) is 13.8 Å². The maximum atomic E-state index is 12.6. The van der Waals surface area contributed by atoms with Crippen LogP contribution in [-0.4, -0.2) is 40.8 Å². The third-order valence-electron chi connectivity index (χ3n) is 5.14. The molecule has 0 atom stereocenters. The van der Waals surface area contributed by atoms with Gasteiger partial charge in [-0.2, -0.15) is 13.2 Å². The maximum Gasteiger partial charge on any atom is 0.417 e. The number of hydrogen-bond acceptors (Lipinski definition) is 4. The zero-order valence-electron chi connectivity index (χ0n) is 17.4. The third-order valence-corrected chi connectivity index (χ3v) is 5.14. The van der Waals surface area contributed by atoms with Crippen LogP contribution >= 0.6 is 0 Å². The molecule has 6 nitrogen and oxygen atoms in total. The Morgan fingerprint density at radius 1 is 1.06 bits per heavy atom. The first-order valence-corrected chi connectivity index (χ1v) is 10.1. The molecule has 0 saturated heterocycles. The zero-order chi connectivity index (χ0) is 22.6. The summed E-state index contributed by atoms with van der Waals surface area (Å²) in [6, 6.07) is 8.05. The molecule has 0 unspecified atom stereocenters. The number of rotatable bonds is 8. The van der Waals surface area contributed by atoms with E-state index in [4.69, 9.17) is 0 Å². The second-order valence-corrected chi connectivity index (χ2v) is 7.74. The number of nitrogens with zero attached hydrogens (tertiary/aromatic N) is 2. The van der Waals surface area contributed by atoms with E-state index in [9.17, 15) is 22.8 Å². The Morgan fingerprint density at radius 2 is 1.74 bits per heavy atom. The molecule has 1 heterocycles.